The van der Waals surface area contributed by atoms with Crippen LogP contribution in [0.3, 0.4) is 0 Å². The molecule has 0 atom stereocenters. The zero-order valence-corrected chi connectivity index (χ0v) is 17.1. The summed E-state index contributed by atoms with van der Waals surface area (Å²) in [6.07, 6.45) is 10.3. The van der Waals surface area contributed by atoms with Crippen molar-refractivity contribution >= 4 is 54.6 Å². The van der Waals surface area contributed by atoms with Crippen LogP contribution in [0.2, 0.25) is 0 Å². The largest absolute Gasteiger partial charge is 0.377 e. The molecular weight excluding hydrogens is 380 g/mol. The normalized spacial score (nSPS) is 13.1. The number of hydrogen-bond acceptors (Lipinski definition) is 5. The Hall–Kier alpha value is -2.66. The van der Waals surface area contributed by atoms with E-state index in [0.29, 0.717) is 15.4 Å². The molecular formula is C20H19ClN4OS. The summed E-state index contributed by atoms with van der Waals surface area (Å²) in [6.45, 7) is 4.00. The molecule has 0 amide bonds. The maximum atomic E-state index is 13.0. The van der Waals surface area contributed by atoms with Crippen LogP contribution in [0.25, 0.3) is 26.0 Å². The van der Waals surface area contributed by atoms with E-state index < -0.39 is 0 Å². The third-order valence-corrected chi connectivity index (χ3v) is 5.23. The van der Waals surface area contributed by atoms with Crippen LogP contribution in [0, 0.1) is 0 Å². The Morgan fingerprint density at radius 1 is 1.26 bits per heavy atom. The van der Waals surface area contributed by atoms with Crippen LogP contribution in [0.1, 0.15) is 13.8 Å². The van der Waals surface area contributed by atoms with E-state index in [0.717, 1.165) is 21.3 Å². The number of aromatic nitrogens is 3. The van der Waals surface area contributed by atoms with Crippen LogP contribution in [-0.2, 0) is 0 Å². The van der Waals surface area contributed by atoms with Gasteiger partial charge in [0.1, 0.15) is 9.53 Å². The second kappa shape index (κ2) is 7.92. The molecule has 0 spiro atoms. The summed E-state index contributed by atoms with van der Waals surface area (Å²) in [5, 5.41) is 6.62. The highest BCUT2D eigenvalue weighted by atomic mass is 35.5. The maximum Gasteiger partial charge on any atom is 0.289 e. The fourth-order valence-electron chi connectivity index (χ4n) is 2.74. The third kappa shape index (κ3) is 3.47. The topological polar surface area (TPSA) is 51.0 Å². The molecule has 0 unspecified atom stereocenters. The minimum atomic E-state index is -0.174. The van der Waals surface area contributed by atoms with Gasteiger partial charge in [-0.05, 0) is 30.4 Å². The van der Waals surface area contributed by atoms with Gasteiger partial charge in [-0.15, -0.1) is 17.1 Å². The molecule has 0 aromatic carbocycles. The van der Waals surface area contributed by atoms with Crippen LogP contribution < -0.4 is 10.5 Å². The summed E-state index contributed by atoms with van der Waals surface area (Å²) < 4.78 is 2.00. The van der Waals surface area contributed by atoms with Gasteiger partial charge in [-0.3, -0.25) is 4.79 Å². The molecule has 7 heteroatoms. The number of fused-ring (bicyclic) bond motifs is 3. The molecule has 0 saturated heterocycles. The Morgan fingerprint density at radius 3 is 2.78 bits per heavy atom. The van der Waals surface area contributed by atoms with Gasteiger partial charge in [-0.2, -0.15) is 9.78 Å². The van der Waals surface area contributed by atoms with Gasteiger partial charge < -0.3 is 4.90 Å². The first-order chi connectivity index (χ1) is 13.1. The van der Waals surface area contributed by atoms with E-state index in [1.54, 1.807) is 36.7 Å². The third-order valence-electron chi connectivity index (χ3n) is 3.90. The second-order valence-electron chi connectivity index (χ2n) is 5.69. The summed E-state index contributed by atoms with van der Waals surface area (Å²) in [6, 6.07) is 1.94. The van der Waals surface area contributed by atoms with Gasteiger partial charge in [-0.1, -0.05) is 25.4 Å². The molecule has 4 rings (SSSR count). The Balaban J connectivity index is 0.00000102. The Bertz CT molecular complexity index is 1190. The molecule has 1 aliphatic carbocycles. The van der Waals surface area contributed by atoms with E-state index in [2.05, 4.69) is 15.8 Å². The van der Waals surface area contributed by atoms with Crippen molar-refractivity contribution in [1.82, 2.24) is 14.8 Å². The number of hydrogen-bond donors (Lipinski definition) is 0. The van der Waals surface area contributed by atoms with Crippen molar-refractivity contribution in [3.63, 3.8) is 0 Å². The van der Waals surface area contributed by atoms with Gasteiger partial charge in [-0.25, -0.2) is 4.98 Å². The average molecular weight is 399 g/mol. The molecule has 0 aliphatic heterocycles. The predicted molar refractivity (Wildman–Crippen MR) is 116 cm³/mol. The lowest BCUT2D eigenvalue weighted by Crippen LogP contribution is -2.20. The molecule has 27 heavy (non-hydrogen) atoms. The van der Waals surface area contributed by atoms with Gasteiger partial charge in [0.25, 0.3) is 5.56 Å². The van der Waals surface area contributed by atoms with E-state index in [1.165, 1.54) is 16.0 Å². The van der Waals surface area contributed by atoms with Crippen molar-refractivity contribution in [2.75, 3.05) is 19.0 Å². The van der Waals surface area contributed by atoms with E-state index in [4.69, 9.17) is 11.6 Å². The highest BCUT2D eigenvalue weighted by Crippen LogP contribution is 2.36. The summed E-state index contributed by atoms with van der Waals surface area (Å²) >= 11 is 7.33. The monoisotopic (exact) mass is 398 g/mol. The van der Waals surface area contributed by atoms with Crippen LogP contribution in [0.4, 0.5) is 5.69 Å². The molecule has 0 radical (unpaired) electrons. The van der Waals surface area contributed by atoms with E-state index in [1.807, 2.05) is 38.9 Å². The number of halogens is 1. The molecule has 0 fully saturated rings. The average Bonchev–Trinajstić information content (AvgIpc) is 2.93. The Morgan fingerprint density at radius 2 is 2.04 bits per heavy atom. The molecule has 3 aromatic heterocycles. The van der Waals surface area contributed by atoms with Crippen molar-refractivity contribution in [2.24, 2.45) is 0 Å². The number of rotatable bonds is 2. The van der Waals surface area contributed by atoms with Crippen molar-refractivity contribution in [3.05, 3.63) is 63.9 Å². The van der Waals surface area contributed by atoms with Crippen LogP contribution >= 0.6 is 22.9 Å². The summed E-state index contributed by atoms with van der Waals surface area (Å²) in [4.78, 5) is 20.3. The fourth-order valence-corrected chi connectivity index (χ4v) is 3.93. The van der Waals surface area contributed by atoms with Gasteiger partial charge in [0, 0.05) is 36.8 Å². The standard InChI is InChI=1S/C18H13ClN4OS.C2H6/c1-22(2)14-8-9-20-17-15(14)13-10-21-23(18(24)16(13)25-17)12-5-3-4-11(19)6-7-12;1-2/h3,5-10H,1-2H3;1-2H3. The Labute approximate surface area is 166 Å². The fraction of sp³-hybridized carbons (Fsp3) is 0.200. The van der Waals surface area contributed by atoms with E-state index >= 15 is 0 Å². The Kier molecular flexibility index (Phi) is 5.61. The molecule has 138 valence electrons. The smallest absolute Gasteiger partial charge is 0.289 e. The molecule has 5 nitrogen and oxygen atoms in total. The first-order valence-corrected chi connectivity index (χ1v) is 9.73. The molecule has 0 N–H and O–H groups in total. The van der Waals surface area contributed by atoms with Crippen LogP contribution in [-0.4, -0.2) is 28.9 Å². The molecule has 0 saturated carbocycles. The highest BCUT2D eigenvalue weighted by Gasteiger charge is 2.16. The second-order valence-corrected chi connectivity index (χ2v) is 7.10. The zero-order chi connectivity index (χ0) is 19.6. The first-order valence-electron chi connectivity index (χ1n) is 8.54. The van der Waals surface area contributed by atoms with Gasteiger partial charge in [0.05, 0.1) is 16.9 Å². The molecule has 0 bridgehead atoms. The van der Waals surface area contributed by atoms with Gasteiger partial charge in [0.2, 0.25) is 0 Å². The minimum absolute atomic E-state index is 0.174. The minimum Gasteiger partial charge on any atom is -0.377 e. The summed E-state index contributed by atoms with van der Waals surface area (Å²) in [7, 11) is 3.94. The summed E-state index contributed by atoms with van der Waals surface area (Å²) in [5.74, 6) is 0. The van der Waals surface area contributed by atoms with Crippen LogP contribution in [0.15, 0.2) is 58.3 Å². The quantitative estimate of drug-likeness (QED) is 0.582. The number of pyridine rings is 1. The lowest BCUT2D eigenvalue weighted by molar-refractivity contribution is 0.850. The van der Waals surface area contributed by atoms with Crippen LogP contribution in [0.5, 0.6) is 0 Å². The lowest BCUT2D eigenvalue weighted by Gasteiger charge is -2.13. The number of anilines is 1. The van der Waals surface area contributed by atoms with Crippen molar-refractivity contribution < 1.29 is 0 Å². The van der Waals surface area contributed by atoms with Crippen molar-refractivity contribution in [3.8, 4) is 0 Å². The van der Waals surface area contributed by atoms with Gasteiger partial charge in [0.15, 0.2) is 0 Å². The number of nitrogens with zero attached hydrogens (tertiary/aromatic N) is 4. The summed E-state index contributed by atoms with van der Waals surface area (Å²) in [5.41, 5.74) is 4.36. The van der Waals surface area contributed by atoms with E-state index in [9.17, 15) is 4.79 Å². The number of thiophene rings is 1. The lowest BCUT2D eigenvalue weighted by atomic mass is 10.2. The molecule has 1 aliphatic rings. The highest BCUT2D eigenvalue weighted by molar-refractivity contribution is 7.25. The zero-order valence-electron chi connectivity index (χ0n) is 15.5. The van der Waals surface area contributed by atoms with Gasteiger partial charge >= 0.3 is 0 Å². The molecule has 3 aromatic rings. The SMILES string of the molecule is CC.CN(C)c1ccnc2sc3c(=O)n(C4=CC=C=C(Cl)C=C4)ncc3c12. The molecule has 3 heterocycles. The van der Waals surface area contributed by atoms with E-state index in [-0.39, 0.29) is 5.56 Å². The number of allylic oxidation sites excluding steroid dienone is 5. The maximum absolute atomic E-state index is 13.0. The predicted octanol–water partition coefficient (Wildman–Crippen LogP) is 4.79. The first kappa shape index (κ1) is 19.1. The van der Waals surface area contributed by atoms with Crippen molar-refractivity contribution in [2.45, 2.75) is 13.8 Å². The van der Waals surface area contributed by atoms with Crippen molar-refractivity contribution in [1.29, 1.82) is 0 Å².